The van der Waals surface area contributed by atoms with Gasteiger partial charge in [0, 0.05) is 19.6 Å². The van der Waals surface area contributed by atoms with E-state index in [1.54, 1.807) is 12.1 Å². The predicted octanol–water partition coefficient (Wildman–Crippen LogP) is 3.61. The minimum Gasteiger partial charge on any atom is -0.356 e. The Kier molecular flexibility index (Phi) is 7.71. The summed E-state index contributed by atoms with van der Waals surface area (Å²) in [6, 6.07) is 3.35. The van der Waals surface area contributed by atoms with Crippen LogP contribution in [-0.2, 0) is 14.8 Å². The minimum atomic E-state index is -3.50. The molecule has 24 heavy (non-hydrogen) atoms. The Bertz CT molecular complexity index is 646. The van der Waals surface area contributed by atoms with Crippen LogP contribution in [0.1, 0.15) is 45.4 Å². The number of rotatable bonds is 8. The lowest BCUT2D eigenvalue weighted by molar-refractivity contribution is -0.126. The van der Waals surface area contributed by atoms with Gasteiger partial charge in [0.2, 0.25) is 5.91 Å². The summed E-state index contributed by atoms with van der Waals surface area (Å²) in [5, 5.41) is 2.96. The normalized spacial score (nSPS) is 19.3. The molecule has 0 radical (unpaired) electrons. The number of piperidine rings is 1. The Hall–Kier alpha value is -0.440. The Morgan fingerprint density at radius 2 is 2.17 bits per heavy atom. The van der Waals surface area contributed by atoms with Crippen LogP contribution in [0.2, 0.25) is 0 Å². The van der Waals surface area contributed by atoms with E-state index >= 15 is 0 Å². The fourth-order valence-corrected chi connectivity index (χ4v) is 6.53. The van der Waals surface area contributed by atoms with E-state index in [0.717, 1.165) is 29.5 Å². The maximum atomic E-state index is 12.7. The summed E-state index contributed by atoms with van der Waals surface area (Å²) in [7, 11) is -3.50. The zero-order chi connectivity index (χ0) is 17.6. The Morgan fingerprint density at radius 1 is 1.38 bits per heavy atom. The van der Waals surface area contributed by atoms with Crippen molar-refractivity contribution in [1.29, 1.82) is 0 Å². The second kappa shape index (κ2) is 9.31. The highest BCUT2D eigenvalue weighted by atomic mass is 79.9. The molecule has 1 saturated heterocycles. The van der Waals surface area contributed by atoms with Crippen molar-refractivity contribution in [3.05, 3.63) is 15.9 Å². The van der Waals surface area contributed by atoms with Gasteiger partial charge in [-0.05, 0) is 47.3 Å². The van der Waals surface area contributed by atoms with Gasteiger partial charge in [0.15, 0.2) is 0 Å². The summed E-state index contributed by atoms with van der Waals surface area (Å²) >= 11 is 4.51. The highest BCUT2D eigenvalue weighted by Crippen LogP contribution is 2.30. The fraction of sp³-hybridized carbons (Fsp3) is 0.688. The molecule has 1 atom stereocenters. The summed E-state index contributed by atoms with van der Waals surface area (Å²) in [6.45, 7) is 3.60. The molecule has 0 aromatic carbocycles. The number of unbranched alkanes of at least 4 members (excludes halogenated alkanes) is 3. The summed E-state index contributed by atoms with van der Waals surface area (Å²) in [6.07, 6.45) is 5.93. The number of carbonyl (C=O) groups excluding carboxylic acids is 1. The molecule has 0 spiro atoms. The minimum absolute atomic E-state index is 0.0150. The van der Waals surface area contributed by atoms with Gasteiger partial charge in [-0.3, -0.25) is 4.79 Å². The van der Waals surface area contributed by atoms with Gasteiger partial charge in [0.25, 0.3) is 10.0 Å². The molecule has 8 heteroatoms. The third-order valence-electron chi connectivity index (χ3n) is 4.23. The molecule has 2 rings (SSSR count). The van der Waals surface area contributed by atoms with E-state index < -0.39 is 10.0 Å². The van der Waals surface area contributed by atoms with Gasteiger partial charge in [-0.15, -0.1) is 11.3 Å². The van der Waals surface area contributed by atoms with Crippen LogP contribution in [0.5, 0.6) is 0 Å². The lowest BCUT2D eigenvalue weighted by Gasteiger charge is -2.30. The SMILES string of the molecule is CCCCCCNC(=O)C1CCCN(S(=O)(=O)c2ccc(Br)s2)C1. The lowest BCUT2D eigenvalue weighted by atomic mass is 9.99. The molecule has 136 valence electrons. The molecular weight excluding hydrogens is 412 g/mol. The number of halogens is 1. The summed E-state index contributed by atoms with van der Waals surface area (Å²) < 4.78 is 27.9. The molecule has 0 saturated carbocycles. The zero-order valence-corrected chi connectivity index (χ0v) is 17.2. The summed E-state index contributed by atoms with van der Waals surface area (Å²) in [5.74, 6) is -0.262. The van der Waals surface area contributed by atoms with Crippen molar-refractivity contribution in [3.8, 4) is 0 Å². The standard InChI is InChI=1S/C16H25BrN2O3S2/c1-2-3-4-5-10-18-16(20)13-7-6-11-19(12-13)24(21,22)15-9-8-14(17)23-15/h8-9,13H,2-7,10-12H2,1H3,(H,18,20). The molecule has 1 aliphatic rings. The topological polar surface area (TPSA) is 66.5 Å². The van der Waals surface area contributed by atoms with E-state index in [0.29, 0.717) is 17.3 Å². The van der Waals surface area contributed by atoms with Crippen LogP contribution in [0.15, 0.2) is 20.1 Å². The summed E-state index contributed by atoms with van der Waals surface area (Å²) in [5.41, 5.74) is 0. The van der Waals surface area contributed by atoms with E-state index in [4.69, 9.17) is 0 Å². The van der Waals surface area contributed by atoms with E-state index in [1.165, 1.54) is 28.5 Å². The maximum Gasteiger partial charge on any atom is 0.252 e. The fourth-order valence-electron chi connectivity index (χ4n) is 2.85. The number of nitrogens with one attached hydrogen (secondary N) is 1. The van der Waals surface area contributed by atoms with Gasteiger partial charge in [-0.1, -0.05) is 26.2 Å². The Balaban J connectivity index is 1.90. The van der Waals surface area contributed by atoms with Gasteiger partial charge in [0.05, 0.1) is 9.70 Å². The first kappa shape index (κ1) is 19.9. The molecule has 1 aromatic heterocycles. The van der Waals surface area contributed by atoms with Crippen LogP contribution in [0, 0.1) is 5.92 Å². The van der Waals surface area contributed by atoms with E-state index in [-0.39, 0.29) is 18.4 Å². The second-order valence-corrected chi connectivity index (χ2v) is 10.7. The Labute approximate surface area is 157 Å². The first-order chi connectivity index (χ1) is 11.4. The number of carbonyl (C=O) groups is 1. The van der Waals surface area contributed by atoms with E-state index in [9.17, 15) is 13.2 Å². The van der Waals surface area contributed by atoms with Crippen LogP contribution in [-0.4, -0.2) is 38.3 Å². The Morgan fingerprint density at radius 3 is 2.83 bits per heavy atom. The summed E-state index contributed by atoms with van der Waals surface area (Å²) in [4.78, 5) is 12.3. The van der Waals surface area contributed by atoms with Gasteiger partial charge in [0.1, 0.15) is 4.21 Å². The number of thiophene rings is 1. The molecular formula is C16H25BrN2O3S2. The van der Waals surface area contributed by atoms with Gasteiger partial charge in [-0.25, -0.2) is 8.42 Å². The highest BCUT2D eigenvalue weighted by Gasteiger charge is 2.33. The van der Waals surface area contributed by atoms with E-state index in [1.807, 2.05) is 0 Å². The van der Waals surface area contributed by atoms with Crippen molar-refractivity contribution < 1.29 is 13.2 Å². The first-order valence-electron chi connectivity index (χ1n) is 8.48. The molecule has 0 aliphatic carbocycles. The lowest BCUT2D eigenvalue weighted by Crippen LogP contribution is -2.45. The largest absolute Gasteiger partial charge is 0.356 e. The van der Waals surface area contributed by atoms with Crippen molar-refractivity contribution in [3.63, 3.8) is 0 Å². The maximum absolute atomic E-state index is 12.7. The third kappa shape index (κ3) is 5.28. The third-order valence-corrected chi connectivity index (χ3v) is 8.18. The molecule has 1 fully saturated rings. The molecule has 1 aromatic rings. The first-order valence-corrected chi connectivity index (χ1v) is 11.5. The van der Waals surface area contributed by atoms with E-state index in [2.05, 4.69) is 28.2 Å². The number of sulfonamides is 1. The average molecular weight is 437 g/mol. The average Bonchev–Trinajstić information content (AvgIpc) is 3.02. The molecule has 2 heterocycles. The molecule has 1 amide bonds. The molecule has 1 N–H and O–H groups in total. The van der Waals surface area contributed by atoms with Crippen LogP contribution in [0.3, 0.4) is 0 Å². The van der Waals surface area contributed by atoms with Crippen molar-refractivity contribution in [2.45, 2.75) is 49.7 Å². The van der Waals surface area contributed by atoms with Crippen LogP contribution >= 0.6 is 27.3 Å². The monoisotopic (exact) mass is 436 g/mol. The van der Waals surface area contributed by atoms with Crippen molar-refractivity contribution in [1.82, 2.24) is 9.62 Å². The quantitative estimate of drug-likeness (QED) is 0.632. The number of nitrogens with zero attached hydrogens (tertiary/aromatic N) is 1. The van der Waals surface area contributed by atoms with Gasteiger partial charge < -0.3 is 5.32 Å². The van der Waals surface area contributed by atoms with Crippen LogP contribution in [0.25, 0.3) is 0 Å². The smallest absolute Gasteiger partial charge is 0.252 e. The van der Waals surface area contributed by atoms with Crippen molar-refractivity contribution >= 4 is 43.2 Å². The number of hydrogen-bond donors (Lipinski definition) is 1. The van der Waals surface area contributed by atoms with Gasteiger partial charge in [-0.2, -0.15) is 4.31 Å². The molecule has 0 bridgehead atoms. The highest BCUT2D eigenvalue weighted by molar-refractivity contribution is 9.11. The number of hydrogen-bond acceptors (Lipinski definition) is 4. The molecule has 1 unspecified atom stereocenters. The molecule has 1 aliphatic heterocycles. The number of amides is 1. The van der Waals surface area contributed by atoms with Crippen molar-refractivity contribution in [2.24, 2.45) is 5.92 Å². The zero-order valence-electron chi connectivity index (χ0n) is 14.0. The van der Waals surface area contributed by atoms with Crippen LogP contribution < -0.4 is 5.32 Å². The van der Waals surface area contributed by atoms with Crippen molar-refractivity contribution in [2.75, 3.05) is 19.6 Å². The van der Waals surface area contributed by atoms with Gasteiger partial charge >= 0.3 is 0 Å². The van der Waals surface area contributed by atoms with Crippen LogP contribution in [0.4, 0.5) is 0 Å². The second-order valence-electron chi connectivity index (χ2n) is 6.11. The predicted molar refractivity (Wildman–Crippen MR) is 101 cm³/mol. The molecule has 5 nitrogen and oxygen atoms in total.